The molecule has 0 bridgehead atoms. The number of thioether (sulfide) groups is 1. The van der Waals surface area contributed by atoms with Gasteiger partial charge < -0.3 is 4.90 Å². The number of benzene rings is 1. The fraction of sp³-hybridized carbons (Fsp3) is 0.333. The highest BCUT2D eigenvalue weighted by atomic mass is 32.2. The first-order chi connectivity index (χ1) is 9.83. The van der Waals surface area contributed by atoms with E-state index in [9.17, 15) is 4.79 Å². The lowest BCUT2D eigenvalue weighted by Crippen LogP contribution is -2.38. The number of carbonyl (C=O) groups is 1. The maximum absolute atomic E-state index is 12.2. The second-order valence-corrected chi connectivity index (χ2v) is 5.94. The molecule has 1 aromatic heterocycles. The molecule has 3 rings (SSSR count). The van der Waals surface area contributed by atoms with Gasteiger partial charge in [0.05, 0.1) is 18.8 Å². The average molecular weight is 287 g/mol. The molecule has 0 atom stereocenters. The summed E-state index contributed by atoms with van der Waals surface area (Å²) >= 11 is 1.73. The Bertz CT molecular complexity index is 582. The van der Waals surface area contributed by atoms with Crippen molar-refractivity contribution >= 4 is 17.7 Å². The summed E-state index contributed by atoms with van der Waals surface area (Å²) in [5, 5.41) is 4.23. The van der Waals surface area contributed by atoms with Gasteiger partial charge in [-0.05, 0) is 18.2 Å². The number of rotatable bonds is 4. The van der Waals surface area contributed by atoms with Gasteiger partial charge in [0.25, 0.3) is 0 Å². The van der Waals surface area contributed by atoms with E-state index in [4.69, 9.17) is 0 Å². The van der Waals surface area contributed by atoms with Crippen LogP contribution in [0.5, 0.6) is 0 Å². The van der Waals surface area contributed by atoms with Crippen molar-refractivity contribution in [3.8, 4) is 0 Å². The molecule has 0 N–H and O–H groups in total. The minimum absolute atomic E-state index is 0.237. The van der Waals surface area contributed by atoms with Crippen LogP contribution in [0.15, 0.2) is 47.5 Å². The standard InChI is InChI=1S/C15H17N3OS/c19-15(7-11-20-14-4-2-1-3-5-14)17-9-10-18-13(12-17)6-8-16-18/h1-6,8H,7,9-12H2. The summed E-state index contributed by atoms with van der Waals surface area (Å²) in [7, 11) is 0. The van der Waals surface area contributed by atoms with Crippen LogP contribution in [0, 0.1) is 0 Å². The lowest BCUT2D eigenvalue weighted by molar-refractivity contribution is -0.132. The number of fused-ring (bicyclic) bond motifs is 1. The largest absolute Gasteiger partial charge is 0.335 e. The SMILES string of the molecule is O=C(CCSc1ccccc1)N1CCn2nccc2C1. The average Bonchev–Trinajstić information content (AvgIpc) is 2.95. The Balaban J connectivity index is 1.48. The van der Waals surface area contributed by atoms with Crippen molar-refractivity contribution in [3.05, 3.63) is 48.3 Å². The minimum Gasteiger partial charge on any atom is -0.335 e. The lowest BCUT2D eigenvalue weighted by Gasteiger charge is -2.27. The van der Waals surface area contributed by atoms with Gasteiger partial charge in [0, 0.05) is 29.8 Å². The van der Waals surface area contributed by atoms with Crippen LogP contribution >= 0.6 is 11.8 Å². The van der Waals surface area contributed by atoms with Gasteiger partial charge in [-0.2, -0.15) is 5.10 Å². The van der Waals surface area contributed by atoms with Crippen molar-refractivity contribution in [2.75, 3.05) is 12.3 Å². The van der Waals surface area contributed by atoms with Crippen molar-refractivity contribution in [2.45, 2.75) is 24.4 Å². The fourth-order valence-electron chi connectivity index (χ4n) is 2.33. The molecule has 5 heteroatoms. The Hall–Kier alpha value is -1.75. The van der Waals surface area contributed by atoms with Gasteiger partial charge in [-0.15, -0.1) is 11.8 Å². The molecule has 4 nitrogen and oxygen atoms in total. The second kappa shape index (κ2) is 6.13. The van der Waals surface area contributed by atoms with Crippen molar-refractivity contribution in [1.82, 2.24) is 14.7 Å². The van der Waals surface area contributed by atoms with Crippen LogP contribution in [-0.2, 0) is 17.9 Å². The second-order valence-electron chi connectivity index (χ2n) is 4.77. The van der Waals surface area contributed by atoms with Gasteiger partial charge in [-0.3, -0.25) is 9.48 Å². The highest BCUT2D eigenvalue weighted by Crippen LogP contribution is 2.19. The third-order valence-electron chi connectivity index (χ3n) is 3.42. The molecule has 0 saturated heterocycles. The van der Waals surface area contributed by atoms with Gasteiger partial charge in [0.1, 0.15) is 0 Å². The van der Waals surface area contributed by atoms with Crippen LogP contribution in [0.2, 0.25) is 0 Å². The van der Waals surface area contributed by atoms with Crippen molar-refractivity contribution in [1.29, 1.82) is 0 Å². The molecule has 0 fully saturated rings. The summed E-state index contributed by atoms with van der Waals surface area (Å²) in [6.07, 6.45) is 2.39. The van der Waals surface area contributed by atoms with E-state index in [1.807, 2.05) is 33.8 Å². The van der Waals surface area contributed by atoms with Gasteiger partial charge in [0.15, 0.2) is 0 Å². The third-order valence-corrected chi connectivity index (χ3v) is 4.43. The smallest absolute Gasteiger partial charge is 0.223 e. The third kappa shape index (κ3) is 3.04. The summed E-state index contributed by atoms with van der Waals surface area (Å²) in [5.41, 5.74) is 1.13. The number of hydrogen-bond acceptors (Lipinski definition) is 3. The molecule has 2 aromatic rings. The first-order valence-corrected chi connectivity index (χ1v) is 7.78. The Labute approximate surface area is 122 Å². The topological polar surface area (TPSA) is 38.1 Å². The highest BCUT2D eigenvalue weighted by molar-refractivity contribution is 7.99. The van der Waals surface area contributed by atoms with E-state index >= 15 is 0 Å². The first kappa shape index (κ1) is 13.2. The molecule has 1 aliphatic heterocycles. The van der Waals surface area contributed by atoms with Gasteiger partial charge >= 0.3 is 0 Å². The Kier molecular flexibility index (Phi) is 4.06. The van der Waals surface area contributed by atoms with Crippen LogP contribution in [0.25, 0.3) is 0 Å². The van der Waals surface area contributed by atoms with E-state index in [1.165, 1.54) is 4.90 Å². The molecule has 0 saturated carbocycles. The molecule has 1 amide bonds. The molecule has 1 aromatic carbocycles. The number of aromatic nitrogens is 2. The van der Waals surface area contributed by atoms with Gasteiger partial charge in [-0.1, -0.05) is 18.2 Å². The lowest BCUT2D eigenvalue weighted by atomic mass is 10.3. The molecule has 0 unspecified atom stereocenters. The Morgan fingerprint density at radius 1 is 1.20 bits per heavy atom. The Morgan fingerprint density at radius 3 is 2.90 bits per heavy atom. The summed E-state index contributed by atoms with van der Waals surface area (Å²) in [6, 6.07) is 12.2. The van der Waals surface area contributed by atoms with E-state index in [1.54, 1.807) is 18.0 Å². The van der Waals surface area contributed by atoms with Gasteiger partial charge in [0.2, 0.25) is 5.91 Å². The van der Waals surface area contributed by atoms with Crippen molar-refractivity contribution in [2.24, 2.45) is 0 Å². The van der Waals surface area contributed by atoms with Crippen LogP contribution in [-0.4, -0.2) is 32.9 Å². The zero-order chi connectivity index (χ0) is 13.8. The number of nitrogens with zero attached hydrogens (tertiary/aromatic N) is 3. The maximum atomic E-state index is 12.2. The van der Waals surface area contributed by atoms with Crippen molar-refractivity contribution in [3.63, 3.8) is 0 Å². The number of hydrogen-bond donors (Lipinski definition) is 0. The quantitative estimate of drug-likeness (QED) is 0.811. The predicted molar refractivity (Wildman–Crippen MR) is 79.4 cm³/mol. The number of carbonyl (C=O) groups excluding carboxylic acids is 1. The van der Waals surface area contributed by atoms with Crippen LogP contribution in [0.4, 0.5) is 0 Å². The van der Waals surface area contributed by atoms with Crippen molar-refractivity contribution < 1.29 is 4.79 Å². The Morgan fingerprint density at radius 2 is 2.05 bits per heavy atom. The van der Waals surface area contributed by atoms with Crippen LogP contribution < -0.4 is 0 Å². The monoisotopic (exact) mass is 287 g/mol. The summed E-state index contributed by atoms with van der Waals surface area (Å²) in [4.78, 5) is 15.4. The normalized spacial score (nSPS) is 14.1. The molecule has 2 heterocycles. The predicted octanol–water partition coefficient (Wildman–Crippen LogP) is 2.41. The molecule has 0 aliphatic carbocycles. The minimum atomic E-state index is 0.237. The zero-order valence-electron chi connectivity index (χ0n) is 11.2. The molecule has 0 spiro atoms. The van der Waals surface area contributed by atoms with E-state index in [-0.39, 0.29) is 5.91 Å². The van der Waals surface area contributed by atoms with Crippen LogP contribution in [0.3, 0.4) is 0 Å². The molecule has 20 heavy (non-hydrogen) atoms. The molecule has 1 aliphatic rings. The van der Waals surface area contributed by atoms with E-state index < -0.39 is 0 Å². The fourth-order valence-corrected chi connectivity index (χ4v) is 3.19. The molecule has 104 valence electrons. The van der Waals surface area contributed by atoms with E-state index in [0.717, 1.165) is 24.5 Å². The first-order valence-electron chi connectivity index (χ1n) is 6.79. The van der Waals surface area contributed by atoms with E-state index in [2.05, 4.69) is 17.2 Å². The van der Waals surface area contributed by atoms with E-state index in [0.29, 0.717) is 13.0 Å². The summed E-state index contributed by atoms with van der Waals surface area (Å²) < 4.78 is 1.97. The van der Waals surface area contributed by atoms with Crippen LogP contribution in [0.1, 0.15) is 12.1 Å². The number of amides is 1. The molecule has 0 radical (unpaired) electrons. The molecular weight excluding hydrogens is 270 g/mol. The summed E-state index contributed by atoms with van der Waals surface area (Å²) in [6.45, 7) is 2.26. The molecular formula is C15H17N3OS. The highest BCUT2D eigenvalue weighted by Gasteiger charge is 2.20. The maximum Gasteiger partial charge on any atom is 0.223 e. The van der Waals surface area contributed by atoms with Gasteiger partial charge in [-0.25, -0.2) is 0 Å². The zero-order valence-corrected chi connectivity index (χ0v) is 12.1. The summed E-state index contributed by atoms with van der Waals surface area (Å²) in [5.74, 6) is 1.07.